The van der Waals surface area contributed by atoms with Gasteiger partial charge in [0.1, 0.15) is 0 Å². The van der Waals surface area contributed by atoms with Crippen LogP contribution in [0.25, 0.3) is 0 Å². The molecule has 1 heterocycles. The first-order valence-corrected chi connectivity index (χ1v) is 19.1. The van der Waals surface area contributed by atoms with E-state index in [4.69, 9.17) is 33.6 Å². The fraction of sp³-hybridized carbons (Fsp3) is 0.355. The van der Waals surface area contributed by atoms with E-state index in [1.807, 2.05) is 16.7 Å². The first kappa shape index (κ1) is 29.6. The van der Waals surface area contributed by atoms with Crippen LogP contribution < -0.4 is 24.0 Å². The van der Waals surface area contributed by atoms with E-state index in [0.717, 1.165) is 23.0 Å². The van der Waals surface area contributed by atoms with Crippen LogP contribution in [0.15, 0.2) is 36.4 Å². The van der Waals surface area contributed by atoms with Gasteiger partial charge in [-0.25, -0.2) is 0 Å². The first-order chi connectivity index (χ1) is 18.4. The summed E-state index contributed by atoms with van der Waals surface area (Å²) >= 11 is -3.75. The van der Waals surface area contributed by atoms with Gasteiger partial charge in [0.05, 0.1) is 0 Å². The summed E-state index contributed by atoms with van der Waals surface area (Å²) in [6.45, 7) is 14.5. The van der Waals surface area contributed by atoms with Crippen LogP contribution in [0.3, 0.4) is 0 Å². The Bertz CT molecular complexity index is 1440. The minimum atomic E-state index is -3.75. The van der Waals surface area contributed by atoms with Crippen molar-refractivity contribution in [2.45, 2.75) is 41.5 Å². The van der Waals surface area contributed by atoms with Gasteiger partial charge in [-0.1, -0.05) is 0 Å². The Morgan fingerprint density at radius 2 is 1.00 bits per heavy atom. The predicted octanol–water partition coefficient (Wildman–Crippen LogP) is 7.29. The molecular weight excluding hydrogens is 620 g/mol. The van der Waals surface area contributed by atoms with Crippen LogP contribution in [0.1, 0.15) is 38.9 Å². The molecular formula is C31H38Cl2N2O3Ru. The summed E-state index contributed by atoms with van der Waals surface area (Å²) < 4.78 is 19.8. The van der Waals surface area contributed by atoms with Crippen LogP contribution in [0.5, 0.6) is 17.2 Å². The second kappa shape index (κ2) is 11.6. The summed E-state index contributed by atoms with van der Waals surface area (Å²) in [7, 11) is 20.0. The molecule has 0 aliphatic carbocycles. The van der Waals surface area contributed by atoms with Gasteiger partial charge in [0, 0.05) is 0 Å². The van der Waals surface area contributed by atoms with E-state index >= 15 is 0 Å². The van der Waals surface area contributed by atoms with Gasteiger partial charge in [0.25, 0.3) is 0 Å². The van der Waals surface area contributed by atoms with E-state index in [2.05, 4.69) is 75.6 Å². The van der Waals surface area contributed by atoms with Gasteiger partial charge in [0.15, 0.2) is 0 Å². The monoisotopic (exact) mass is 658 g/mol. The standard InChI is InChI=1S/C21H26N2.C10H12O3.2ClH.Ru/c1-14-9-16(3)20(17(4)10-14)22-7-8-23(13-22)21-18(5)11-15(2)12-19(21)6;1-7-5-9(12-3)10(13-4)6-8(7)11-2;;;/h9-12H,7-8H2,1-6H3;1,5-6H,2-4H3;2*1H;/q;;;;+2/p-2. The summed E-state index contributed by atoms with van der Waals surface area (Å²) in [4.78, 5) is 4.69. The molecule has 4 rings (SSSR count). The molecule has 5 nitrogen and oxygen atoms in total. The second-order valence-corrected chi connectivity index (χ2v) is 19.3. The van der Waals surface area contributed by atoms with Crippen molar-refractivity contribution in [1.29, 1.82) is 0 Å². The summed E-state index contributed by atoms with van der Waals surface area (Å²) in [6, 6.07) is 12.6. The molecule has 0 unspecified atom stereocenters. The van der Waals surface area contributed by atoms with E-state index in [1.54, 1.807) is 21.3 Å². The quantitative estimate of drug-likeness (QED) is 0.260. The van der Waals surface area contributed by atoms with Crippen molar-refractivity contribution in [3.05, 3.63) is 75.3 Å². The number of nitrogens with zero attached hydrogens (tertiary/aromatic N) is 2. The van der Waals surface area contributed by atoms with E-state index in [9.17, 15) is 0 Å². The number of aryl methyl sites for hydroxylation is 6. The van der Waals surface area contributed by atoms with Crippen molar-refractivity contribution in [3.8, 4) is 17.2 Å². The van der Waals surface area contributed by atoms with Gasteiger partial charge in [-0.15, -0.1) is 0 Å². The van der Waals surface area contributed by atoms with Crippen LogP contribution in [0, 0.1) is 41.5 Å². The Morgan fingerprint density at radius 3 is 1.38 bits per heavy atom. The molecule has 0 saturated carbocycles. The normalized spacial score (nSPS) is 14.1. The van der Waals surface area contributed by atoms with Crippen molar-refractivity contribution in [2.24, 2.45) is 0 Å². The van der Waals surface area contributed by atoms with Crippen molar-refractivity contribution in [3.63, 3.8) is 0 Å². The number of halogens is 2. The Morgan fingerprint density at radius 1 is 0.615 bits per heavy atom. The zero-order valence-electron chi connectivity index (χ0n) is 24.2. The molecule has 1 aliphatic heterocycles. The van der Waals surface area contributed by atoms with E-state index in [0.29, 0.717) is 17.2 Å². The SMILES string of the molecule is COc1cc(OC)c(OC)cc1[CH]=[Ru]([Cl])([Cl])=[C]1N(c2c(C)cc(C)cc2C)CCN1c1c(C)cc(C)cc1C. The average molecular weight is 659 g/mol. The fourth-order valence-corrected chi connectivity index (χ4v) is 11.7. The van der Waals surface area contributed by atoms with Crippen LogP contribution in [-0.2, 0) is 11.9 Å². The summed E-state index contributed by atoms with van der Waals surface area (Å²) in [5.74, 6) is 1.80. The zero-order valence-corrected chi connectivity index (χ0v) is 27.4. The van der Waals surface area contributed by atoms with Crippen LogP contribution >= 0.6 is 19.4 Å². The molecule has 0 amide bonds. The van der Waals surface area contributed by atoms with Gasteiger partial charge in [-0.05, 0) is 0 Å². The molecule has 0 atom stereocenters. The molecule has 1 fully saturated rings. The Balaban J connectivity index is 2.08. The maximum absolute atomic E-state index is 7.57. The molecule has 3 aromatic carbocycles. The molecule has 0 spiro atoms. The molecule has 8 heteroatoms. The summed E-state index contributed by atoms with van der Waals surface area (Å²) in [6.07, 6.45) is 0. The summed E-state index contributed by atoms with van der Waals surface area (Å²) in [5, 5.41) is 0. The molecule has 1 saturated heterocycles. The van der Waals surface area contributed by atoms with Crippen molar-refractivity contribution >= 4 is 39.7 Å². The topological polar surface area (TPSA) is 34.2 Å². The first-order valence-electron chi connectivity index (χ1n) is 12.8. The molecule has 0 N–H and O–H groups in total. The zero-order chi connectivity index (χ0) is 28.6. The van der Waals surface area contributed by atoms with Gasteiger partial charge in [0.2, 0.25) is 0 Å². The molecule has 0 aromatic heterocycles. The maximum atomic E-state index is 7.57. The Hall–Kier alpha value is -2.40. The van der Waals surface area contributed by atoms with E-state index < -0.39 is 11.9 Å². The van der Waals surface area contributed by atoms with Gasteiger partial charge in [-0.3, -0.25) is 0 Å². The number of benzene rings is 3. The second-order valence-electron chi connectivity index (χ2n) is 10.0. The number of anilines is 2. The summed E-state index contributed by atoms with van der Waals surface area (Å²) in [5.41, 5.74) is 10.4. The van der Waals surface area contributed by atoms with Crippen molar-refractivity contribution in [2.75, 3.05) is 44.2 Å². The number of rotatable bonds is 6. The molecule has 0 bridgehead atoms. The number of ether oxygens (including phenoxy) is 3. The number of hydrogen-bond acceptors (Lipinski definition) is 5. The van der Waals surface area contributed by atoms with Gasteiger partial charge >= 0.3 is 244 Å². The third kappa shape index (κ3) is 5.75. The van der Waals surface area contributed by atoms with Crippen LogP contribution in [-0.4, -0.2) is 43.4 Å². The average Bonchev–Trinajstić information content (AvgIpc) is 3.27. The molecule has 3 aromatic rings. The fourth-order valence-electron chi connectivity index (χ4n) is 5.69. The number of hydrogen-bond donors (Lipinski definition) is 0. The Kier molecular flexibility index (Phi) is 8.80. The van der Waals surface area contributed by atoms with Crippen LogP contribution in [0.4, 0.5) is 11.4 Å². The molecule has 0 radical (unpaired) electrons. The predicted molar refractivity (Wildman–Crippen MR) is 164 cm³/mol. The molecule has 212 valence electrons. The van der Waals surface area contributed by atoms with E-state index in [1.165, 1.54) is 44.8 Å². The van der Waals surface area contributed by atoms with Crippen molar-refractivity contribution < 1.29 is 26.1 Å². The molecule has 1 aliphatic rings. The third-order valence-corrected chi connectivity index (χ3v) is 12.4. The van der Waals surface area contributed by atoms with Gasteiger partial charge in [-0.2, -0.15) is 0 Å². The van der Waals surface area contributed by atoms with Crippen molar-refractivity contribution in [1.82, 2.24) is 0 Å². The van der Waals surface area contributed by atoms with E-state index in [-0.39, 0.29) is 0 Å². The minimum absolute atomic E-state index is 0.584. The Labute approximate surface area is 243 Å². The van der Waals surface area contributed by atoms with Crippen LogP contribution in [0.2, 0.25) is 0 Å². The third-order valence-electron chi connectivity index (χ3n) is 6.97. The molecule has 39 heavy (non-hydrogen) atoms. The number of methoxy groups -OCH3 is 3. The van der Waals surface area contributed by atoms with Gasteiger partial charge < -0.3 is 0 Å².